The van der Waals surface area contributed by atoms with Crippen molar-refractivity contribution in [3.8, 4) is 16.2 Å². The van der Waals surface area contributed by atoms with Gasteiger partial charge in [-0.2, -0.15) is 0 Å². The minimum Gasteiger partial charge on any atom is -0.497 e. The van der Waals surface area contributed by atoms with Gasteiger partial charge in [0, 0.05) is 18.2 Å². The zero-order chi connectivity index (χ0) is 23.9. The number of urea groups is 1. The summed E-state index contributed by atoms with van der Waals surface area (Å²) < 4.78 is 5.30. The molecule has 0 spiro atoms. The number of anilines is 1. The van der Waals surface area contributed by atoms with Crippen LogP contribution in [0.15, 0.2) is 42.6 Å². The van der Waals surface area contributed by atoms with E-state index in [1.165, 1.54) is 21.8 Å². The van der Waals surface area contributed by atoms with Crippen LogP contribution >= 0.6 is 11.3 Å². The molecule has 1 aliphatic carbocycles. The predicted molar refractivity (Wildman–Crippen MR) is 131 cm³/mol. The van der Waals surface area contributed by atoms with Gasteiger partial charge in [-0.3, -0.25) is 15.1 Å². The Hall–Kier alpha value is -3.46. The Bertz CT molecular complexity index is 1240. The van der Waals surface area contributed by atoms with Crippen molar-refractivity contribution in [1.29, 1.82) is 0 Å². The molecule has 0 radical (unpaired) electrons. The first-order chi connectivity index (χ1) is 16.4. The van der Waals surface area contributed by atoms with E-state index in [2.05, 4.69) is 28.5 Å². The molecule has 8 nitrogen and oxygen atoms in total. The summed E-state index contributed by atoms with van der Waals surface area (Å²) >= 11 is 1.42. The van der Waals surface area contributed by atoms with E-state index < -0.39 is 11.9 Å². The van der Waals surface area contributed by atoms with Gasteiger partial charge in [-0.25, -0.2) is 9.78 Å². The van der Waals surface area contributed by atoms with Gasteiger partial charge in [-0.05, 0) is 68.0 Å². The Morgan fingerprint density at radius 1 is 1.24 bits per heavy atom. The van der Waals surface area contributed by atoms with Gasteiger partial charge in [0.05, 0.1) is 23.4 Å². The lowest BCUT2D eigenvalue weighted by atomic mass is 9.91. The monoisotopic (exact) mass is 477 g/mol. The highest BCUT2D eigenvalue weighted by Gasteiger charge is 2.47. The largest absolute Gasteiger partial charge is 0.497 e. The Labute approximate surface area is 202 Å². The molecule has 3 aromatic rings. The van der Waals surface area contributed by atoms with Crippen molar-refractivity contribution >= 4 is 28.4 Å². The molecule has 3 heterocycles. The molecule has 1 aromatic carbocycles. The molecule has 0 unspecified atom stereocenters. The number of thiazole rings is 1. The Kier molecular flexibility index (Phi) is 5.73. The second kappa shape index (κ2) is 8.72. The van der Waals surface area contributed by atoms with E-state index in [9.17, 15) is 9.59 Å². The van der Waals surface area contributed by atoms with Crippen molar-refractivity contribution in [2.45, 2.75) is 44.1 Å². The molecule has 9 heteroatoms. The number of nitrogens with two attached hydrogens (primary N) is 1. The number of hydrogen-bond acceptors (Lipinski definition) is 6. The molecule has 3 amide bonds. The van der Waals surface area contributed by atoms with Crippen LogP contribution in [-0.4, -0.2) is 46.5 Å². The molecule has 5 rings (SSSR count). The minimum atomic E-state index is -0.559. The zero-order valence-electron chi connectivity index (χ0n) is 19.2. The van der Waals surface area contributed by atoms with Gasteiger partial charge in [0.25, 0.3) is 0 Å². The first-order valence-electron chi connectivity index (χ1n) is 11.4. The molecule has 2 aliphatic rings. The Morgan fingerprint density at radius 2 is 2.00 bits per heavy atom. The van der Waals surface area contributed by atoms with Gasteiger partial charge in [0.1, 0.15) is 11.8 Å². The summed E-state index contributed by atoms with van der Waals surface area (Å²) in [4.78, 5) is 36.1. The topological polar surface area (TPSA) is 110 Å². The van der Waals surface area contributed by atoms with Crippen molar-refractivity contribution in [3.05, 3.63) is 59.5 Å². The number of nitrogens with zero attached hydrogens (tertiary/aromatic N) is 3. The molecule has 1 atom stereocenters. The van der Waals surface area contributed by atoms with Crippen LogP contribution in [-0.2, 0) is 10.2 Å². The van der Waals surface area contributed by atoms with Crippen LogP contribution in [0.1, 0.15) is 42.6 Å². The highest BCUT2D eigenvalue weighted by Crippen LogP contribution is 2.53. The van der Waals surface area contributed by atoms with Gasteiger partial charge in [0.2, 0.25) is 5.91 Å². The summed E-state index contributed by atoms with van der Waals surface area (Å²) in [6, 6.07) is 11.4. The van der Waals surface area contributed by atoms with E-state index in [0.717, 1.165) is 46.8 Å². The number of ether oxygens (including phenoxy) is 1. The number of carbonyl (C=O) groups excluding carboxylic acids is 2. The number of nitrogens with one attached hydrogen (secondary N) is 1. The van der Waals surface area contributed by atoms with E-state index in [4.69, 9.17) is 15.5 Å². The van der Waals surface area contributed by atoms with E-state index in [1.54, 1.807) is 7.11 Å². The number of aromatic nitrogens is 2. The summed E-state index contributed by atoms with van der Waals surface area (Å²) in [7, 11) is 1.67. The third-order valence-electron chi connectivity index (χ3n) is 6.76. The second-order valence-corrected chi connectivity index (χ2v) is 9.86. The molecule has 1 aliphatic heterocycles. The van der Waals surface area contributed by atoms with Crippen LogP contribution in [0, 0.1) is 6.92 Å². The standard InChI is InChI=1S/C25H27N5O3S/c1-15-21(34-23(28-15)29-24(32)30-13-3-4-19(30)22(26)31)16-9-12-27-20(14-16)25(10-11-25)17-5-7-18(33-2)8-6-17/h5-9,12,14,19H,3-4,10-11,13H2,1-2H3,(H2,26,31)(H,28,29,32)/t19-/m0/s1. The maximum Gasteiger partial charge on any atom is 0.324 e. The van der Waals surface area contributed by atoms with Crippen LogP contribution < -0.4 is 15.8 Å². The quantitative estimate of drug-likeness (QED) is 0.556. The fourth-order valence-electron chi connectivity index (χ4n) is 4.75. The first-order valence-corrected chi connectivity index (χ1v) is 12.2. The van der Waals surface area contributed by atoms with Crippen LogP contribution in [0.5, 0.6) is 5.75 Å². The number of amides is 3. The molecular formula is C25H27N5O3S. The maximum atomic E-state index is 12.7. The number of aryl methyl sites for hydroxylation is 1. The predicted octanol–water partition coefficient (Wildman–Crippen LogP) is 4.08. The molecule has 1 saturated carbocycles. The fraction of sp³-hybridized carbons (Fsp3) is 0.360. The van der Waals surface area contributed by atoms with E-state index in [-0.39, 0.29) is 11.4 Å². The zero-order valence-corrected chi connectivity index (χ0v) is 20.0. The summed E-state index contributed by atoms with van der Waals surface area (Å²) in [6.45, 7) is 2.44. The van der Waals surface area contributed by atoms with Crippen molar-refractivity contribution in [3.63, 3.8) is 0 Å². The van der Waals surface area contributed by atoms with Crippen LogP contribution in [0.4, 0.5) is 9.93 Å². The van der Waals surface area contributed by atoms with E-state index in [1.807, 2.05) is 31.3 Å². The highest BCUT2D eigenvalue weighted by atomic mass is 32.1. The van der Waals surface area contributed by atoms with Gasteiger partial charge < -0.3 is 15.4 Å². The molecule has 2 aromatic heterocycles. The third kappa shape index (κ3) is 4.00. The number of benzene rings is 1. The lowest BCUT2D eigenvalue weighted by Gasteiger charge is -2.21. The summed E-state index contributed by atoms with van der Waals surface area (Å²) in [6.07, 6.45) is 5.30. The summed E-state index contributed by atoms with van der Waals surface area (Å²) in [5, 5.41) is 3.35. The third-order valence-corrected chi connectivity index (χ3v) is 7.88. The number of rotatable bonds is 6. The molecular weight excluding hydrogens is 450 g/mol. The SMILES string of the molecule is COc1ccc(C2(c3cc(-c4sc(NC(=O)N5CCC[C@H]5C(N)=O)nc4C)ccn3)CC2)cc1. The number of carbonyl (C=O) groups is 2. The lowest BCUT2D eigenvalue weighted by Crippen LogP contribution is -2.45. The second-order valence-electron chi connectivity index (χ2n) is 8.86. The number of primary amides is 1. The number of likely N-dealkylation sites (tertiary alicyclic amines) is 1. The first kappa shape index (κ1) is 22.3. The van der Waals surface area contributed by atoms with Crippen LogP contribution in [0.2, 0.25) is 0 Å². The van der Waals surface area contributed by atoms with Crippen molar-refractivity contribution in [1.82, 2.24) is 14.9 Å². The lowest BCUT2D eigenvalue weighted by molar-refractivity contribution is -0.121. The molecule has 0 bridgehead atoms. The number of hydrogen-bond donors (Lipinski definition) is 2. The highest BCUT2D eigenvalue weighted by molar-refractivity contribution is 7.19. The normalized spacial score (nSPS) is 18.5. The van der Waals surface area contributed by atoms with Gasteiger partial charge in [-0.1, -0.05) is 23.5 Å². The Morgan fingerprint density at radius 3 is 2.68 bits per heavy atom. The molecule has 3 N–H and O–H groups in total. The van der Waals surface area contributed by atoms with E-state index in [0.29, 0.717) is 18.1 Å². The molecule has 176 valence electrons. The van der Waals surface area contributed by atoms with Crippen molar-refractivity contribution < 1.29 is 14.3 Å². The summed E-state index contributed by atoms with van der Waals surface area (Å²) in [5.74, 6) is 0.367. The smallest absolute Gasteiger partial charge is 0.324 e. The van der Waals surface area contributed by atoms with E-state index >= 15 is 0 Å². The van der Waals surface area contributed by atoms with Gasteiger partial charge in [0.15, 0.2) is 5.13 Å². The van der Waals surface area contributed by atoms with Crippen molar-refractivity contribution in [2.75, 3.05) is 19.0 Å². The number of pyridine rings is 1. The van der Waals surface area contributed by atoms with Gasteiger partial charge in [-0.15, -0.1) is 0 Å². The summed E-state index contributed by atoms with van der Waals surface area (Å²) in [5.41, 5.74) is 9.51. The fourth-order valence-corrected chi connectivity index (χ4v) is 5.70. The molecule has 2 fully saturated rings. The molecule has 34 heavy (non-hydrogen) atoms. The minimum absolute atomic E-state index is 0.0720. The van der Waals surface area contributed by atoms with Crippen LogP contribution in [0.25, 0.3) is 10.4 Å². The van der Waals surface area contributed by atoms with Crippen molar-refractivity contribution in [2.24, 2.45) is 5.73 Å². The average molecular weight is 478 g/mol. The Balaban J connectivity index is 1.38. The molecule has 1 saturated heterocycles. The maximum absolute atomic E-state index is 12.7. The number of methoxy groups -OCH3 is 1. The van der Waals surface area contributed by atoms with Crippen LogP contribution in [0.3, 0.4) is 0 Å². The average Bonchev–Trinajstić information content (AvgIpc) is 3.34. The van der Waals surface area contributed by atoms with Gasteiger partial charge >= 0.3 is 6.03 Å².